The van der Waals surface area contributed by atoms with Gasteiger partial charge in [0.15, 0.2) is 0 Å². The zero-order valence-electron chi connectivity index (χ0n) is 20.6. The number of rotatable bonds is 3. The highest BCUT2D eigenvalue weighted by atomic mass is 16.3. The molecule has 4 aliphatic rings. The predicted molar refractivity (Wildman–Crippen MR) is 131 cm³/mol. The first-order chi connectivity index (χ1) is 15.1. The third-order valence-corrected chi connectivity index (χ3v) is 10.4. The van der Waals surface area contributed by atoms with Crippen molar-refractivity contribution in [2.45, 2.75) is 77.7 Å². The number of nitrogens with zero attached hydrogens (tertiary/aromatic N) is 1. The van der Waals surface area contributed by atoms with Crippen LogP contribution in [0.3, 0.4) is 0 Å². The van der Waals surface area contributed by atoms with E-state index >= 15 is 0 Å². The Morgan fingerprint density at radius 1 is 1.06 bits per heavy atom. The molecule has 0 unspecified atom stereocenters. The van der Waals surface area contributed by atoms with Gasteiger partial charge in [-0.15, -0.1) is 0 Å². The number of ketones is 1. The number of benzene rings is 1. The fraction of sp³-hybridized carbons (Fsp3) is 0.690. The number of aliphatic hydroxyl groups is 1. The molecule has 4 aliphatic carbocycles. The summed E-state index contributed by atoms with van der Waals surface area (Å²) in [6, 6.07) is 8.97. The highest BCUT2D eigenvalue weighted by molar-refractivity contribution is 5.81. The van der Waals surface area contributed by atoms with Crippen molar-refractivity contribution < 1.29 is 9.90 Å². The molecule has 32 heavy (non-hydrogen) atoms. The van der Waals surface area contributed by atoms with Gasteiger partial charge in [-0.25, -0.2) is 0 Å². The van der Waals surface area contributed by atoms with Crippen LogP contribution in [0.1, 0.15) is 77.2 Å². The number of anilines is 1. The van der Waals surface area contributed by atoms with E-state index in [9.17, 15) is 9.90 Å². The summed E-state index contributed by atoms with van der Waals surface area (Å²) < 4.78 is 0. The Morgan fingerprint density at radius 3 is 2.44 bits per heavy atom. The Kier molecular flexibility index (Phi) is 5.36. The summed E-state index contributed by atoms with van der Waals surface area (Å²) in [4.78, 5) is 15.2. The average Bonchev–Trinajstić information content (AvgIpc) is 3.07. The van der Waals surface area contributed by atoms with Crippen molar-refractivity contribution in [1.82, 2.24) is 0 Å². The van der Waals surface area contributed by atoms with E-state index in [1.54, 1.807) is 0 Å². The predicted octanol–water partition coefficient (Wildman–Crippen LogP) is 5.98. The van der Waals surface area contributed by atoms with Gasteiger partial charge in [0, 0.05) is 25.7 Å². The third-order valence-electron chi connectivity index (χ3n) is 10.4. The van der Waals surface area contributed by atoms with Gasteiger partial charge in [-0.2, -0.15) is 0 Å². The molecule has 0 amide bonds. The lowest BCUT2D eigenvalue weighted by molar-refractivity contribution is -0.128. The molecule has 0 aliphatic heterocycles. The van der Waals surface area contributed by atoms with Gasteiger partial charge < -0.3 is 10.0 Å². The summed E-state index contributed by atoms with van der Waals surface area (Å²) in [6.45, 7) is 6.77. The van der Waals surface area contributed by atoms with Gasteiger partial charge in [0.05, 0.1) is 6.10 Å². The summed E-state index contributed by atoms with van der Waals surface area (Å²) in [7, 11) is 4.16. The number of carbonyl (C=O) groups excluding carboxylic acids is 1. The highest BCUT2D eigenvalue weighted by Crippen LogP contribution is 2.68. The van der Waals surface area contributed by atoms with Gasteiger partial charge in [-0.1, -0.05) is 37.6 Å². The van der Waals surface area contributed by atoms with Gasteiger partial charge in [0.1, 0.15) is 5.78 Å². The number of fused-ring (bicyclic) bond motifs is 5. The molecular formula is C29H41NO2. The number of allylic oxidation sites excluding steroid dienone is 1. The Labute approximate surface area is 194 Å². The molecule has 174 valence electrons. The monoisotopic (exact) mass is 435 g/mol. The second kappa shape index (κ2) is 7.72. The Hall–Kier alpha value is -1.61. The highest BCUT2D eigenvalue weighted by Gasteiger charge is 2.62. The van der Waals surface area contributed by atoms with Gasteiger partial charge >= 0.3 is 0 Å². The van der Waals surface area contributed by atoms with Crippen LogP contribution in [0.5, 0.6) is 0 Å². The van der Waals surface area contributed by atoms with E-state index in [0.717, 1.165) is 32.1 Å². The van der Waals surface area contributed by atoms with E-state index in [-0.39, 0.29) is 22.9 Å². The smallest absolute Gasteiger partial charge is 0.134 e. The first-order valence-corrected chi connectivity index (χ1v) is 12.8. The number of hydrogen-bond donors (Lipinski definition) is 1. The molecule has 3 saturated carbocycles. The van der Waals surface area contributed by atoms with Gasteiger partial charge in [0.25, 0.3) is 0 Å². The molecule has 8 atom stereocenters. The lowest BCUT2D eigenvalue weighted by Crippen LogP contribution is -2.51. The maximum atomic E-state index is 13.1. The Morgan fingerprint density at radius 2 is 1.78 bits per heavy atom. The van der Waals surface area contributed by atoms with Crippen molar-refractivity contribution in [3.05, 3.63) is 41.5 Å². The summed E-state index contributed by atoms with van der Waals surface area (Å²) in [5.41, 5.74) is 4.45. The molecule has 0 saturated heterocycles. The van der Waals surface area contributed by atoms with Crippen LogP contribution in [0.15, 0.2) is 35.9 Å². The molecular weight excluding hydrogens is 394 g/mol. The van der Waals surface area contributed by atoms with Crippen LogP contribution in [0.2, 0.25) is 0 Å². The lowest BCUT2D eigenvalue weighted by Gasteiger charge is -2.57. The molecule has 0 spiro atoms. The molecule has 3 heteroatoms. The van der Waals surface area contributed by atoms with Crippen LogP contribution in [-0.2, 0) is 4.79 Å². The Bertz CT molecular complexity index is 918. The lowest BCUT2D eigenvalue weighted by atomic mass is 9.47. The van der Waals surface area contributed by atoms with Gasteiger partial charge in [0.2, 0.25) is 0 Å². The fourth-order valence-corrected chi connectivity index (χ4v) is 8.78. The molecule has 3 fully saturated rings. The molecule has 1 N–H and O–H groups in total. The maximum absolute atomic E-state index is 13.1. The maximum Gasteiger partial charge on any atom is 0.134 e. The first kappa shape index (κ1) is 22.2. The van der Waals surface area contributed by atoms with Gasteiger partial charge in [-0.3, -0.25) is 4.79 Å². The summed E-state index contributed by atoms with van der Waals surface area (Å²) >= 11 is 0. The molecule has 1 aromatic rings. The van der Waals surface area contributed by atoms with E-state index in [1.807, 2.05) is 6.92 Å². The molecule has 0 radical (unpaired) electrons. The van der Waals surface area contributed by atoms with Crippen molar-refractivity contribution in [1.29, 1.82) is 0 Å². The minimum Gasteiger partial charge on any atom is -0.393 e. The van der Waals surface area contributed by atoms with Crippen LogP contribution in [0, 0.1) is 34.5 Å². The molecule has 0 bridgehead atoms. The average molecular weight is 436 g/mol. The zero-order chi connectivity index (χ0) is 22.8. The minimum absolute atomic E-state index is 0.105. The third kappa shape index (κ3) is 3.22. The minimum atomic E-state index is -0.150. The fourth-order valence-electron chi connectivity index (χ4n) is 8.78. The van der Waals surface area contributed by atoms with Crippen molar-refractivity contribution in [2.75, 3.05) is 19.0 Å². The van der Waals surface area contributed by atoms with Crippen molar-refractivity contribution >= 4 is 11.5 Å². The first-order valence-electron chi connectivity index (χ1n) is 12.8. The molecule has 0 heterocycles. The second-order valence-corrected chi connectivity index (χ2v) is 12.1. The molecule has 5 rings (SSSR count). The van der Waals surface area contributed by atoms with E-state index in [0.29, 0.717) is 29.5 Å². The van der Waals surface area contributed by atoms with E-state index in [2.05, 4.69) is 63.2 Å². The van der Waals surface area contributed by atoms with Crippen LogP contribution in [0.25, 0.3) is 0 Å². The van der Waals surface area contributed by atoms with Crippen LogP contribution >= 0.6 is 0 Å². The quantitative estimate of drug-likeness (QED) is 0.594. The van der Waals surface area contributed by atoms with Crippen LogP contribution in [-0.4, -0.2) is 31.1 Å². The number of hydrogen-bond acceptors (Lipinski definition) is 3. The zero-order valence-corrected chi connectivity index (χ0v) is 20.6. The van der Waals surface area contributed by atoms with Gasteiger partial charge in [-0.05, 0) is 104 Å². The normalized spacial score (nSPS) is 43.0. The number of Topliss-reactive ketones (excluding diaryl/α,β-unsaturated/α-hetero) is 1. The van der Waals surface area contributed by atoms with Crippen molar-refractivity contribution in [3.8, 4) is 0 Å². The van der Waals surface area contributed by atoms with Crippen molar-refractivity contribution in [3.63, 3.8) is 0 Å². The largest absolute Gasteiger partial charge is 0.393 e. The molecule has 0 aromatic heterocycles. The standard InChI is InChI=1S/C29H41NO2/c1-18(31)27-24(19-6-9-21(10-7-19)30(4)5)17-26-23-11-8-20-16-22(32)12-14-28(20,2)25(23)13-15-29(26,27)3/h6-10,22-27,32H,11-17H2,1-5H3/t22-,23-,24-,25+,26+,27-,28-,29-/m0/s1. The molecule has 1 aromatic carbocycles. The van der Waals surface area contributed by atoms with E-state index < -0.39 is 0 Å². The van der Waals surface area contributed by atoms with Crippen LogP contribution < -0.4 is 4.90 Å². The topological polar surface area (TPSA) is 40.5 Å². The summed E-state index contributed by atoms with van der Waals surface area (Å²) in [6.07, 6.45) is 9.97. The Balaban J connectivity index is 1.49. The SMILES string of the molecule is CC(=O)[C@H]1[C@H](c2ccc(N(C)C)cc2)C[C@@H]2[C@H]3CC=C4C[C@@H](O)CC[C@]4(C)[C@@H]3CC[C@@]21C. The van der Waals surface area contributed by atoms with E-state index in [1.165, 1.54) is 29.7 Å². The summed E-state index contributed by atoms with van der Waals surface area (Å²) in [5.74, 6) is 2.83. The van der Waals surface area contributed by atoms with E-state index in [4.69, 9.17) is 0 Å². The number of aliphatic hydroxyl groups excluding tert-OH is 1. The number of carbonyl (C=O) groups is 1. The molecule has 3 nitrogen and oxygen atoms in total. The van der Waals surface area contributed by atoms with Crippen molar-refractivity contribution in [2.24, 2.45) is 34.5 Å². The summed E-state index contributed by atoms with van der Waals surface area (Å²) in [5, 5.41) is 10.3. The van der Waals surface area contributed by atoms with Crippen LogP contribution in [0.4, 0.5) is 5.69 Å². The second-order valence-electron chi connectivity index (χ2n) is 12.1.